The van der Waals surface area contributed by atoms with Crippen molar-refractivity contribution in [1.82, 2.24) is 0 Å². The lowest BCUT2D eigenvalue weighted by molar-refractivity contribution is 0.665. The van der Waals surface area contributed by atoms with Crippen molar-refractivity contribution in [2.45, 2.75) is 27.2 Å². The molecule has 0 aliphatic heterocycles. The molecular weight excluding hydrogens is 184 g/mol. The Bertz CT molecular complexity index is 323. The zero-order valence-corrected chi connectivity index (χ0v) is 9.83. The van der Waals surface area contributed by atoms with Gasteiger partial charge in [0, 0.05) is 12.1 Å². The summed E-state index contributed by atoms with van der Waals surface area (Å²) < 4.78 is 0. The average Bonchev–Trinajstić information content (AvgIpc) is 2.26. The van der Waals surface area contributed by atoms with Crippen LogP contribution in [0.2, 0.25) is 0 Å². The van der Waals surface area contributed by atoms with Gasteiger partial charge in [-0.25, -0.2) is 0 Å². The molecule has 0 atom stereocenters. The van der Waals surface area contributed by atoms with Crippen molar-refractivity contribution in [3.8, 4) is 0 Å². The quantitative estimate of drug-likeness (QED) is 0.594. The number of aliphatic imine (C=N–C) groups is 1. The van der Waals surface area contributed by atoms with Crippen molar-refractivity contribution in [2.24, 2.45) is 16.6 Å². The zero-order valence-electron chi connectivity index (χ0n) is 9.83. The smallest absolute Gasteiger partial charge is 0.125 e. The number of nitrogens with two attached hydrogens (primary N) is 1. The van der Waals surface area contributed by atoms with Crippen molar-refractivity contribution in [2.75, 3.05) is 6.54 Å². The molecule has 0 aliphatic rings. The number of rotatable bonds is 4. The highest BCUT2D eigenvalue weighted by atomic mass is 14.8. The van der Waals surface area contributed by atoms with Crippen LogP contribution in [-0.4, -0.2) is 12.4 Å². The second-order valence-corrected chi connectivity index (χ2v) is 4.17. The van der Waals surface area contributed by atoms with Crippen LogP contribution in [0.25, 0.3) is 0 Å². The van der Waals surface area contributed by atoms with Crippen LogP contribution < -0.4 is 5.73 Å². The van der Waals surface area contributed by atoms with Crippen LogP contribution in [0.15, 0.2) is 29.3 Å². The van der Waals surface area contributed by atoms with E-state index in [1.165, 1.54) is 5.56 Å². The van der Waals surface area contributed by atoms with Gasteiger partial charge in [-0.2, -0.15) is 0 Å². The molecule has 15 heavy (non-hydrogen) atoms. The maximum Gasteiger partial charge on any atom is 0.125 e. The number of hydrogen-bond acceptors (Lipinski definition) is 1. The Morgan fingerprint density at radius 1 is 1.27 bits per heavy atom. The fourth-order valence-corrected chi connectivity index (χ4v) is 1.28. The maximum atomic E-state index is 5.88. The highest BCUT2D eigenvalue weighted by Gasteiger charge is 1.98. The minimum Gasteiger partial charge on any atom is -0.384 e. The summed E-state index contributed by atoms with van der Waals surface area (Å²) in [7, 11) is 0. The number of aryl methyl sites for hydroxylation is 1. The van der Waals surface area contributed by atoms with Crippen LogP contribution in [0.4, 0.5) is 0 Å². The number of nitrogens with zero attached hydrogens (tertiary/aromatic N) is 1. The Balaban J connectivity index is 2.73. The van der Waals surface area contributed by atoms with Crippen LogP contribution in [0.5, 0.6) is 0 Å². The van der Waals surface area contributed by atoms with Crippen LogP contribution in [0.3, 0.4) is 0 Å². The summed E-state index contributed by atoms with van der Waals surface area (Å²) >= 11 is 0. The molecule has 2 nitrogen and oxygen atoms in total. The molecular formula is C13H20N2. The highest BCUT2D eigenvalue weighted by Crippen LogP contribution is 2.05. The molecule has 0 radical (unpaired) electrons. The Morgan fingerprint density at radius 2 is 1.87 bits per heavy atom. The lowest BCUT2D eigenvalue weighted by Gasteiger charge is -2.04. The molecule has 0 saturated heterocycles. The van der Waals surface area contributed by atoms with Gasteiger partial charge >= 0.3 is 0 Å². The van der Waals surface area contributed by atoms with Gasteiger partial charge in [-0.3, -0.25) is 4.99 Å². The van der Waals surface area contributed by atoms with Gasteiger partial charge in [0.25, 0.3) is 0 Å². The zero-order chi connectivity index (χ0) is 11.3. The maximum absolute atomic E-state index is 5.88. The van der Waals surface area contributed by atoms with Crippen LogP contribution in [0, 0.1) is 5.92 Å². The third-order valence-corrected chi connectivity index (χ3v) is 2.28. The molecule has 0 spiro atoms. The van der Waals surface area contributed by atoms with Crippen LogP contribution in [-0.2, 0) is 6.42 Å². The van der Waals surface area contributed by atoms with Crippen molar-refractivity contribution in [3.63, 3.8) is 0 Å². The second-order valence-electron chi connectivity index (χ2n) is 4.17. The summed E-state index contributed by atoms with van der Waals surface area (Å²) in [6.07, 6.45) is 1.06. The molecule has 0 amide bonds. The summed E-state index contributed by atoms with van der Waals surface area (Å²) in [4.78, 5) is 4.34. The molecule has 2 N–H and O–H groups in total. The fraction of sp³-hybridized carbons (Fsp3) is 0.462. The Morgan fingerprint density at radius 3 is 2.33 bits per heavy atom. The second kappa shape index (κ2) is 5.54. The first-order valence-electron chi connectivity index (χ1n) is 5.52. The Labute approximate surface area is 92.2 Å². The molecule has 0 saturated carbocycles. The largest absolute Gasteiger partial charge is 0.384 e. The molecule has 0 bridgehead atoms. The van der Waals surface area contributed by atoms with Gasteiger partial charge in [0.05, 0.1) is 0 Å². The Kier molecular flexibility index (Phi) is 4.35. The molecule has 82 valence electrons. The summed E-state index contributed by atoms with van der Waals surface area (Å²) in [6, 6.07) is 8.29. The van der Waals surface area contributed by atoms with E-state index in [-0.39, 0.29) is 0 Å². The van der Waals surface area contributed by atoms with E-state index in [1.54, 1.807) is 0 Å². The van der Waals surface area contributed by atoms with E-state index >= 15 is 0 Å². The van der Waals surface area contributed by atoms with E-state index < -0.39 is 0 Å². The first kappa shape index (κ1) is 11.8. The minimum absolute atomic E-state index is 0.554. The average molecular weight is 204 g/mol. The van der Waals surface area contributed by atoms with Crippen molar-refractivity contribution >= 4 is 5.84 Å². The van der Waals surface area contributed by atoms with Gasteiger partial charge < -0.3 is 5.73 Å². The molecule has 0 fully saturated rings. The van der Waals surface area contributed by atoms with Gasteiger partial charge in [-0.15, -0.1) is 0 Å². The van der Waals surface area contributed by atoms with Gasteiger partial charge in [-0.05, 0) is 17.9 Å². The summed E-state index contributed by atoms with van der Waals surface area (Å²) in [5, 5.41) is 0. The molecule has 0 aliphatic carbocycles. The molecule has 1 aromatic rings. The fourth-order valence-electron chi connectivity index (χ4n) is 1.28. The molecule has 0 unspecified atom stereocenters. The molecule has 2 heteroatoms. The van der Waals surface area contributed by atoms with Crippen LogP contribution >= 0.6 is 0 Å². The van der Waals surface area contributed by atoms with Gasteiger partial charge in [0.15, 0.2) is 0 Å². The van der Waals surface area contributed by atoms with Crippen molar-refractivity contribution < 1.29 is 0 Å². The van der Waals surface area contributed by atoms with E-state index in [9.17, 15) is 0 Å². The first-order chi connectivity index (χ1) is 7.13. The van der Waals surface area contributed by atoms with E-state index in [2.05, 4.69) is 37.9 Å². The Hall–Kier alpha value is -1.31. The van der Waals surface area contributed by atoms with Crippen molar-refractivity contribution in [1.29, 1.82) is 0 Å². The van der Waals surface area contributed by atoms with Gasteiger partial charge in [-0.1, -0.05) is 45.0 Å². The lowest BCUT2D eigenvalue weighted by Crippen LogP contribution is -2.14. The third-order valence-electron chi connectivity index (χ3n) is 2.28. The number of amidine groups is 1. The van der Waals surface area contributed by atoms with E-state index in [4.69, 9.17) is 5.73 Å². The molecule has 0 heterocycles. The lowest BCUT2D eigenvalue weighted by atomic mass is 10.1. The third kappa shape index (κ3) is 3.74. The van der Waals surface area contributed by atoms with Crippen LogP contribution in [0.1, 0.15) is 31.9 Å². The van der Waals surface area contributed by atoms with E-state index in [1.807, 2.05) is 12.1 Å². The number of benzene rings is 1. The molecule has 1 aromatic carbocycles. The normalized spacial score (nSPS) is 12.1. The monoisotopic (exact) mass is 204 g/mol. The SMILES string of the molecule is CCc1ccc(C(N)=NCC(C)C)cc1. The standard InChI is InChI=1S/C13H20N2/c1-4-11-5-7-12(8-6-11)13(14)15-9-10(2)3/h5-8,10H,4,9H2,1-3H3,(H2,14,15). The van der Waals surface area contributed by atoms with Gasteiger partial charge in [0.1, 0.15) is 5.84 Å². The molecule has 0 aromatic heterocycles. The highest BCUT2D eigenvalue weighted by molar-refractivity contribution is 5.97. The summed E-state index contributed by atoms with van der Waals surface area (Å²) in [6.45, 7) is 7.21. The molecule has 1 rings (SSSR count). The summed E-state index contributed by atoms with van der Waals surface area (Å²) in [5.74, 6) is 1.20. The minimum atomic E-state index is 0.554. The van der Waals surface area contributed by atoms with Crippen molar-refractivity contribution in [3.05, 3.63) is 35.4 Å². The summed E-state index contributed by atoms with van der Waals surface area (Å²) in [5.41, 5.74) is 8.24. The predicted octanol–water partition coefficient (Wildman–Crippen LogP) is 2.61. The predicted molar refractivity (Wildman–Crippen MR) is 66.2 cm³/mol. The number of hydrogen-bond donors (Lipinski definition) is 1. The van der Waals surface area contributed by atoms with Gasteiger partial charge in [0.2, 0.25) is 0 Å². The topological polar surface area (TPSA) is 38.4 Å². The van der Waals surface area contributed by atoms with E-state index in [0.717, 1.165) is 18.5 Å². The first-order valence-corrected chi connectivity index (χ1v) is 5.52. The van der Waals surface area contributed by atoms with E-state index in [0.29, 0.717) is 11.8 Å².